The maximum absolute atomic E-state index is 12.9. The van der Waals surface area contributed by atoms with Crippen molar-refractivity contribution >= 4 is 11.6 Å². The van der Waals surface area contributed by atoms with Crippen molar-refractivity contribution in [3.63, 3.8) is 0 Å². The fourth-order valence-electron chi connectivity index (χ4n) is 3.00. The zero-order chi connectivity index (χ0) is 17.9. The molecule has 1 aromatic heterocycles. The predicted octanol–water partition coefficient (Wildman–Crippen LogP) is 3.71. The molecule has 128 valence electrons. The molecule has 0 unspecified atom stereocenters. The SMILES string of the molecule is CC(C)C(Nc1c(C(=O)c2ccccc2)ccc(=O)n1C)C(C)C. The highest BCUT2D eigenvalue weighted by Gasteiger charge is 2.22. The second-order valence-corrected chi connectivity index (χ2v) is 6.85. The first kappa shape index (κ1) is 18.0. The van der Waals surface area contributed by atoms with Crippen LogP contribution in [0.1, 0.15) is 43.6 Å². The van der Waals surface area contributed by atoms with Crippen LogP contribution in [0.5, 0.6) is 0 Å². The zero-order valence-corrected chi connectivity index (χ0v) is 15.0. The van der Waals surface area contributed by atoms with Crippen LogP contribution in [0, 0.1) is 11.8 Å². The summed E-state index contributed by atoms with van der Waals surface area (Å²) < 4.78 is 1.52. The van der Waals surface area contributed by atoms with Crippen LogP contribution in [0.2, 0.25) is 0 Å². The minimum atomic E-state index is -0.131. The van der Waals surface area contributed by atoms with Gasteiger partial charge in [0.1, 0.15) is 5.82 Å². The number of hydrogen-bond acceptors (Lipinski definition) is 3. The Bertz CT molecular complexity index is 753. The third-order valence-corrected chi connectivity index (χ3v) is 4.33. The summed E-state index contributed by atoms with van der Waals surface area (Å²) in [5.41, 5.74) is 1.01. The molecular weight excluding hydrogens is 300 g/mol. The Morgan fingerprint density at radius 1 is 0.958 bits per heavy atom. The maximum atomic E-state index is 12.9. The van der Waals surface area contributed by atoms with Gasteiger partial charge in [-0.15, -0.1) is 0 Å². The summed E-state index contributed by atoms with van der Waals surface area (Å²) in [6.45, 7) is 8.55. The number of anilines is 1. The Morgan fingerprint density at radius 3 is 2.08 bits per heavy atom. The molecule has 2 rings (SSSR count). The Kier molecular flexibility index (Phi) is 5.60. The van der Waals surface area contributed by atoms with Gasteiger partial charge in [0.2, 0.25) is 0 Å². The Hall–Kier alpha value is -2.36. The molecule has 0 aliphatic carbocycles. The summed E-state index contributed by atoms with van der Waals surface area (Å²) in [7, 11) is 1.70. The molecule has 0 saturated carbocycles. The molecule has 0 bridgehead atoms. The average molecular weight is 326 g/mol. The Labute approximate surface area is 143 Å². The quantitative estimate of drug-likeness (QED) is 0.823. The number of pyridine rings is 1. The van der Waals surface area contributed by atoms with Crippen LogP contribution in [0.4, 0.5) is 5.82 Å². The van der Waals surface area contributed by atoms with E-state index in [9.17, 15) is 9.59 Å². The highest BCUT2D eigenvalue weighted by Crippen LogP contribution is 2.23. The van der Waals surface area contributed by atoms with E-state index in [1.54, 1.807) is 25.2 Å². The van der Waals surface area contributed by atoms with Crippen molar-refractivity contribution in [1.29, 1.82) is 0 Å². The van der Waals surface area contributed by atoms with E-state index < -0.39 is 0 Å². The van der Waals surface area contributed by atoms with Gasteiger partial charge in [-0.2, -0.15) is 0 Å². The fourth-order valence-corrected chi connectivity index (χ4v) is 3.00. The lowest BCUT2D eigenvalue weighted by atomic mass is 9.92. The maximum Gasteiger partial charge on any atom is 0.251 e. The number of carbonyl (C=O) groups excluding carboxylic acids is 1. The van der Waals surface area contributed by atoms with Crippen LogP contribution >= 0.6 is 0 Å². The number of nitrogens with zero attached hydrogens (tertiary/aromatic N) is 1. The second-order valence-electron chi connectivity index (χ2n) is 6.85. The van der Waals surface area contributed by atoms with Crippen molar-refractivity contribution in [2.24, 2.45) is 18.9 Å². The van der Waals surface area contributed by atoms with E-state index in [0.29, 0.717) is 28.8 Å². The van der Waals surface area contributed by atoms with E-state index in [1.807, 2.05) is 18.2 Å². The molecule has 0 saturated heterocycles. The molecule has 1 aromatic carbocycles. The van der Waals surface area contributed by atoms with Crippen molar-refractivity contribution in [1.82, 2.24) is 4.57 Å². The van der Waals surface area contributed by atoms with Gasteiger partial charge in [-0.1, -0.05) is 58.0 Å². The molecule has 0 aliphatic rings. The minimum absolute atomic E-state index is 0.0834. The van der Waals surface area contributed by atoms with Crippen molar-refractivity contribution in [2.45, 2.75) is 33.7 Å². The van der Waals surface area contributed by atoms with Gasteiger partial charge in [-0.3, -0.25) is 14.2 Å². The third kappa shape index (κ3) is 3.75. The van der Waals surface area contributed by atoms with Crippen LogP contribution in [-0.2, 0) is 7.05 Å². The molecule has 24 heavy (non-hydrogen) atoms. The number of hydrogen-bond donors (Lipinski definition) is 1. The molecule has 0 spiro atoms. The van der Waals surface area contributed by atoms with E-state index in [-0.39, 0.29) is 17.4 Å². The highest BCUT2D eigenvalue weighted by atomic mass is 16.1. The lowest BCUT2D eigenvalue weighted by Gasteiger charge is -2.29. The summed E-state index contributed by atoms with van der Waals surface area (Å²) in [4.78, 5) is 25.0. The van der Waals surface area contributed by atoms with Gasteiger partial charge in [-0.25, -0.2) is 0 Å². The Morgan fingerprint density at radius 2 is 1.54 bits per heavy atom. The van der Waals surface area contributed by atoms with Gasteiger partial charge in [0, 0.05) is 24.7 Å². The van der Waals surface area contributed by atoms with Crippen LogP contribution in [0.25, 0.3) is 0 Å². The largest absolute Gasteiger partial charge is 0.368 e. The molecule has 4 heteroatoms. The smallest absolute Gasteiger partial charge is 0.251 e. The molecule has 1 N–H and O–H groups in total. The molecule has 2 aromatic rings. The fraction of sp³-hybridized carbons (Fsp3) is 0.400. The monoisotopic (exact) mass is 326 g/mol. The molecule has 0 atom stereocenters. The van der Waals surface area contributed by atoms with Crippen molar-refractivity contribution in [2.75, 3.05) is 5.32 Å². The van der Waals surface area contributed by atoms with Gasteiger partial charge in [0.25, 0.3) is 5.56 Å². The standard InChI is InChI=1S/C20H26N2O2/c1-13(2)18(14(3)4)21-20-16(11-12-17(23)22(20)5)19(24)15-9-7-6-8-10-15/h6-14,18,21H,1-5H3. The minimum Gasteiger partial charge on any atom is -0.368 e. The second kappa shape index (κ2) is 7.47. The first-order chi connectivity index (χ1) is 11.3. The molecule has 0 amide bonds. The molecule has 1 heterocycles. The lowest BCUT2D eigenvalue weighted by molar-refractivity contribution is 0.103. The first-order valence-electron chi connectivity index (χ1n) is 8.39. The topological polar surface area (TPSA) is 51.1 Å². The van der Waals surface area contributed by atoms with E-state index in [4.69, 9.17) is 0 Å². The van der Waals surface area contributed by atoms with Crippen LogP contribution in [-0.4, -0.2) is 16.4 Å². The summed E-state index contributed by atoms with van der Waals surface area (Å²) in [5, 5.41) is 3.45. The molecular formula is C20H26N2O2. The third-order valence-electron chi connectivity index (χ3n) is 4.33. The molecule has 4 nitrogen and oxygen atoms in total. The van der Waals surface area contributed by atoms with Gasteiger partial charge < -0.3 is 5.32 Å². The van der Waals surface area contributed by atoms with Crippen molar-refractivity contribution in [3.05, 3.63) is 63.9 Å². The van der Waals surface area contributed by atoms with Crippen molar-refractivity contribution in [3.8, 4) is 0 Å². The predicted molar refractivity (Wildman–Crippen MR) is 98.6 cm³/mol. The summed E-state index contributed by atoms with van der Waals surface area (Å²) in [6.07, 6.45) is 0. The summed E-state index contributed by atoms with van der Waals surface area (Å²) >= 11 is 0. The highest BCUT2D eigenvalue weighted by molar-refractivity contribution is 6.11. The Balaban J connectivity index is 2.52. The van der Waals surface area contributed by atoms with Gasteiger partial charge in [0.05, 0.1) is 5.56 Å². The number of ketones is 1. The van der Waals surface area contributed by atoms with E-state index in [0.717, 1.165) is 0 Å². The van der Waals surface area contributed by atoms with E-state index in [2.05, 4.69) is 33.0 Å². The number of nitrogens with one attached hydrogen (secondary N) is 1. The zero-order valence-electron chi connectivity index (χ0n) is 15.0. The molecule has 0 aliphatic heterocycles. The molecule has 0 fully saturated rings. The average Bonchev–Trinajstić information content (AvgIpc) is 2.55. The number of aromatic nitrogens is 1. The summed E-state index contributed by atoms with van der Waals surface area (Å²) in [5.74, 6) is 1.25. The van der Waals surface area contributed by atoms with Crippen LogP contribution < -0.4 is 10.9 Å². The number of rotatable bonds is 6. The summed E-state index contributed by atoms with van der Waals surface area (Å²) in [6, 6.07) is 12.4. The number of benzene rings is 1. The van der Waals surface area contributed by atoms with E-state index in [1.165, 1.54) is 10.6 Å². The normalized spacial score (nSPS) is 11.3. The van der Waals surface area contributed by atoms with Crippen LogP contribution in [0.3, 0.4) is 0 Å². The van der Waals surface area contributed by atoms with Crippen LogP contribution in [0.15, 0.2) is 47.3 Å². The van der Waals surface area contributed by atoms with Gasteiger partial charge in [-0.05, 0) is 17.9 Å². The van der Waals surface area contributed by atoms with Gasteiger partial charge in [0.15, 0.2) is 5.78 Å². The van der Waals surface area contributed by atoms with Gasteiger partial charge >= 0.3 is 0 Å². The number of carbonyl (C=O) groups is 1. The molecule has 0 radical (unpaired) electrons. The first-order valence-corrected chi connectivity index (χ1v) is 8.39. The lowest BCUT2D eigenvalue weighted by Crippen LogP contribution is -2.35. The van der Waals surface area contributed by atoms with E-state index >= 15 is 0 Å². The van der Waals surface area contributed by atoms with Crippen molar-refractivity contribution < 1.29 is 4.79 Å².